The van der Waals surface area contributed by atoms with Gasteiger partial charge < -0.3 is 5.73 Å². The Labute approximate surface area is 111 Å². The Kier molecular flexibility index (Phi) is 6.04. The molecule has 3 unspecified atom stereocenters. The maximum Gasteiger partial charge on any atom is 0.208 e. The van der Waals surface area contributed by atoms with Crippen molar-refractivity contribution in [3.63, 3.8) is 0 Å². The lowest BCUT2D eigenvalue weighted by Gasteiger charge is -2.38. The summed E-state index contributed by atoms with van der Waals surface area (Å²) >= 11 is 0. The van der Waals surface area contributed by atoms with Crippen LogP contribution >= 0.6 is 0 Å². The van der Waals surface area contributed by atoms with Crippen molar-refractivity contribution in [1.29, 1.82) is 0 Å². The quantitative estimate of drug-likeness (QED) is 0.736. The van der Waals surface area contributed by atoms with Crippen molar-refractivity contribution in [2.45, 2.75) is 45.2 Å². The molecule has 108 valence electrons. The van der Waals surface area contributed by atoms with Crippen LogP contribution in [0.15, 0.2) is 0 Å². The summed E-state index contributed by atoms with van der Waals surface area (Å²) in [5.41, 5.74) is 6.03. The zero-order valence-corrected chi connectivity index (χ0v) is 12.5. The number of hydrogen-bond acceptors (Lipinski definition) is 4. The second-order valence-corrected chi connectivity index (χ2v) is 7.24. The average Bonchev–Trinajstić information content (AvgIpc) is 2.27. The summed E-state index contributed by atoms with van der Waals surface area (Å²) in [6.45, 7) is 6.55. The summed E-state index contributed by atoms with van der Waals surface area (Å²) in [6.07, 6.45) is 4.51. The molecule has 1 aliphatic rings. The summed E-state index contributed by atoms with van der Waals surface area (Å²) in [6, 6.07) is 0.875. The fourth-order valence-corrected chi connectivity index (χ4v) is 3.16. The van der Waals surface area contributed by atoms with Gasteiger partial charge in [-0.1, -0.05) is 13.8 Å². The maximum atomic E-state index is 11.0. The van der Waals surface area contributed by atoms with Crippen LogP contribution in [-0.2, 0) is 10.0 Å². The van der Waals surface area contributed by atoms with E-state index < -0.39 is 10.0 Å². The molecule has 0 bridgehead atoms. The van der Waals surface area contributed by atoms with Gasteiger partial charge in [-0.05, 0) is 31.7 Å². The standard InChI is InChI=1S/C12H27N3O2S/c1-4-15(8-7-14-18(3,16)17)11-5-6-12(13)10(2)9-11/h10-12,14H,4-9,13H2,1-3H3. The highest BCUT2D eigenvalue weighted by Gasteiger charge is 2.28. The molecule has 0 aromatic rings. The molecule has 1 rings (SSSR count). The first-order valence-electron chi connectivity index (χ1n) is 6.77. The molecule has 1 saturated carbocycles. The van der Waals surface area contributed by atoms with Gasteiger partial charge in [0.1, 0.15) is 0 Å². The van der Waals surface area contributed by atoms with Crippen molar-refractivity contribution in [2.75, 3.05) is 25.9 Å². The number of rotatable bonds is 6. The van der Waals surface area contributed by atoms with Crippen molar-refractivity contribution in [2.24, 2.45) is 11.7 Å². The van der Waals surface area contributed by atoms with Gasteiger partial charge in [0.2, 0.25) is 10.0 Å². The molecule has 1 aliphatic carbocycles. The van der Waals surface area contributed by atoms with Crippen molar-refractivity contribution in [1.82, 2.24) is 9.62 Å². The normalized spacial score (nSPS) is 29.7. The lowest BCUT2D eigenvalue weighted by Crippen LogP contribution is -2.46. The van der Waals surface area contributed by atoms with E-state index in [-0.39, 0.29) is 0 Å². The molecule has 3 atom stereocenters. The van der Waals surface area contributed by atoms with Crippen LogP contribution in [0.5, 0.6) is 0 Å². The molecule has 5 nitrogen and oxygen atoms in total. The summed E-state index contributed by atoms with van der Waals surface area (Å²) < 4.78 is 24.6. The van der Waals surface area contributed by atoms with Gasteiger partial charge in [-0.3, -0.25) is 4.90 Å². The molecule has 1 fully saturated rings. The Morgan fingerprint density at radius 3 is 2.56 bits per heavy atom. The highest BCUT2D eigenvalue weighted by atomic mass is 32.2. The van der Waals surface area contributed by atoms with Crippen LogP contribution in [0.25, 0.3) is 0 Å². The van der Waals surface area contributed by atoms with Crippen LogP contribution in [0.1, 0.15) is 33.1 Å². The van der Waals surface area contributed by atoms with Crippen molar-refractivity contribution >= 4 is 10.0 Å². The van der Waals surface area contributed by atoms with Gasteiger partial charge in [0.15, 0.2) is 0 Å². The van der Waals surface area contributed by atoms with Gasteiger partial charge >= 0.3 is 0 Å². The lowest BCUT2D eigenvalue weighted by molar-refractivity contribution is 0.132. The van der Waals surface area contributed by atoms with Gasteiger partial charge in [-0.25, -0.2) is 13.1 Å². The first-order chi connectivity index (χ1) is 8.33. The number of nitrogens with two attached hydrogens (primary N) is 1. The molecule has 0 aromatic heterocycles. The molecular weight excluding hydrogens is 250 g/mol. The van der Waals surface area contributed by atoms with E-state index in [1.807, 2.05) is 0 Å². The molecule has 0 spiro atoms. The molecule has 3 N–H and O–H groups in total. The molecule has 6 heteroatoms. The molecule has 0 heterocycles. The van der Waals surface area contributed by atoms with Gasteiger partial charge in [0, 0.05) is 25.2 Å². The zero-order valence-electron chi connectivity index (χ0n) is 11.7. The average molecular weight is 277 g/mol. The Bertz CT molecular complexity index is 345. The molecular formula is C12H27N3O2S. The topological polar surface area (TPSA) is 75.4 Å². The van der Waals surface area contributed by atoms with Gasteiger partial charge in [-0.15, -0.1) is 0 Å². The predicted octanol–water partition coefficient (Wildman–Crippen LogP) is 0.373. The van der Waals surface area contributed by atoms with Crippen LogP contribution in [0.4, 0.5) is 0 Å². The first-order valence-corrected chi connectivity index (χ1v) is 8.67. The van der Waals surface area contributed by atoms with Gasteiger partial charge in [0.25, 0.3) is 0 Å². The van der Waals surface area contributed by atoms with Crippen LogP contribution in [0.2, 0.25) is 0 Å². The number of nitrogens with zero attached hydrogens (tertiary/aromatic N) is 1. The third-order valence-corrected chi connectivity index (χ3v) is 4.62. The van der Waals surface area contributed by atoms with Crippen LogP contribution in [0, 0.1) is 5.92 Å². The lowest BCUT2D eigenvalue weighted by atomic mass is 9.82. The third kappa shape index (κ3) is 5.22. The van der Waals surface area contributed by atoms with Crippen LogP contribution < -0.4 is 10.5 Å². The van der Waals surface area contributed by atoms with E-state index >= 15 is 0 Å². The fourth-order valence-electron chi connectivity index (χ4n) is 2.70. The smallest absolute Gasteiger partial charge is 0.208 e. The molecule has 0 amide bonds. The van der Waals surface area contributed by atoms with Crippen LogP contribution in [-0.4, -0.2) is 51.3 Å². The molecule has 18 heavy (non-hydrogen) atoms. The summed E-state index contributed by atoms with van der Waals surface area (Å²) in [5, 5.41) is 0. The van der Waals surface area contributed by atoms with E-state index in [4.69, 9.17) is 5.73 Å². The number of hydrogen-bond donors (Lipinski definition) is 2. The number of sulfonamides is 1. The summed E-state index contributed by atoms with van der Waals surface area (Å²) in [4.78, 5) is 2.36. The van der Waals surface area contributed by atoms with E-state index in [1.54, 1.807) is 0 Å². The van der Waals surface area contributed by atoms with E-state index in [9.17, 15) is 8.42 Å². The minimum absolute atomic E-state index is 0.328. The summed E-state index contributed by atoms with van der Waals surface area (Å²) in [7, 11) is -3.07. The highest BCUT2D eigenvalue weighted by molar-refractivity contribution is 7.88. The zero-order chi connectivity index (χ0) is 13.8. The maximum absolute atomic E-state index is 11.0. The Balaban J connectivity index is 2.41. The fraction of sp³-hybridized carbons (Fsp3) is 1.00. The number of nitrogens with one attached hydrogen (secondary N) is 1. The molecule has 0 aliphatic heterocycles. The van der Waals surface area contributed by atoms with E-state index in [2.05, 4.69) is 23.5 Å². The number of likely N-dealkylation sites (N-methyl/N-ethyl adjacent to an activating group) is 1. The predicted molar refractivity (Wildman–Crippen MR) is 74.9 cm³/mol. The second kappa shape index (κ2) is 6.84. The largest absolute Gasteiger partial charge is 0.327 e. The van der Waals surface area contributed by atoms with Crippen LogP contribution in [0.3, 0.4) is 0 Å². The monoisotopic (exact) mass is 277 g/mol. The van der Waals surface area contributed by atoms with E-state index in [1.165, 1.54) is 6.26 Å². The van der Waals surface area contributed by atoms with Crippen molar-refractivity contribution < 1.29 is 8.42 Å². The van der Waals surface area contributed by atoms with Crippen molar-refractivity contribution in [3.8, 4) is 0 Å². The molecule has 0 saturated heterocycles. The van der Waals surface area contributed by atoms with E-state index in [0.717, 1.165) is 32.4 Å². The second-order valence-electron chi connectivity index (χ2n) is 5.40. The van der Waals surface area contributed by atoms with Gasteiger partial charge in [-0.2, -0.15) is 0 Å². The third-order valence-electron chi connectivity index (χ3n) is 3.89. The Hall–Kier alpha value is -0.170. The van der Waals surface area contributed by atoms with Gasteiger partial charge in [0.05, 0.1) is 6.26 Å². The summed E-state index contributed by atoms with van der Waals surface area (Å²) in [5.74, 6) is 0.556. The first kappa shape index (κ1) is 15.9. The Morgan fingerprint density at radius 1 is 1.39 bits per heavy atom. The minimum Gasteiger partial charge on any atom is -0.327 e. The highest BCUT2D eigenvalue weighted by Crippen LogP contribution is 2.26. The molecule has 0 aromatic carbocycles. The SMILES string of the molecule is CCN(CCNS(C)(=O)=O)C1CCC(N)C(C)C1. The minimum atomic E-state index is -3.07. The molecule has 0 radical (unpaired) electrons. The van der Waals surface area contributed by atoms with E-state index in [0.29, 0.717) is 24.5 Å². The van der Waals surface area contributed by atoms with Crippen molar-refractivity contribution in [3.05, 3.63) is 0 Å². The Morgan fingerprint density at radius 2 is 2.06 bits per heavy atom.